The monoisotopic (exact) mass is 330 g/mol. The van der Waals surface area contributed by atoms with Gasteiger partial charge in [-0.3, -0.25) is 4.79 Å². The van der Waals surface area contributed by atoms with Crippen LogP contribution < -0.4 is 10.1 Å². The van der Waals surface area contributed by atoms with E-state index in [2.05, 4.69) is 10.2 Å². The van der Waals surface area contributed by atoms with E-state index in [0.717, 1.165) is 38.3 Å². The first-order chi connectivity index (χ1) is 10.9. The third kappa shape index (κ3) is 4.94. The quantitative estimate of drug-likeness (QED) is 0.814. The van der Waals surface area contributed by atoms with Crippen molar-refractivity contribution >= 4 is 5.78 Å². The van der Waals surface area contributed by atoms with Crippen LogP contribution >= 0.6 is 0 Å². The Morgan fingerprint density at radius 2 is 2.00 bits per heavy atom. The first-order valence-corrected chi connectivity index (χ1v) is 7.72. The average molecular weight is 330 g/mol. The summed E-state index contributed by atoms with van der Waals surface area (Å²) in [5, 5.41) is 3.21. The molecule has 2 rings (SSSR count). The van der Waals surface area contributed by atoms with Gasteiger partial charge in [0.05, 0.1) is 17.7 Å². The molecular formula is C16H21F3N2O2. The molecule has 4 nitrogen and oxygen atoms in total. The smallest absolute Gasteiger partial charge is 0.416 e. The van der Waals surface area contributed by atoms with Crippen molar-refractivity contribution in [2.24, 2.45) is 0 Å². The molecule has 0 aliphatic carbocycles. The molecule has 1 aromatic rings. The number of nitrogens with zero attached hydrogens (tertiary/aromatic N) is 1. The highest BCUT2D eigenvalue weighted by Gasteiger charge is 2.32. The van der Waals surface area contributed by atoms with E-state index >= 15 is 0 Å². The van der Waals surface area contributed by atoms with Gasteiger partial charge in [-0.05, 0) is 25.1 Å². The maximum absolute atomic E-state index is 12.9. The highest BCUT2D eigenvalue weighted by molar-refractivity contribution is 5.99. The summed E-state index contributed by atoms with van der Waals surface area (Å²) in [5.41, 5.74) is -0.816. The van der Waals surface area contributed by atoms with Gasteiger partial charge in [-0.2, -0.15) is 13.2 Å². The molecule has 1 heterocycles. The molecule has 128 valence electrons. The zero-order valence-corrected chi connectivity index (χ0v) is 13.1. The number of ketones is 1. The topological polar surface area (TPSA) is 41.6 Å². The van der Waals surface area contributed by atoms with Gasteiger partial charge in [0.25, 0.3) is 0 Å². The summed E-state index contributed by atoms with van der Waals surface area (Å²) in [6.07, 6.45) is -4.29. The van der Waals surface area contributed by atoms with Crippen LogP contribution in [0.1, 0.15) is 29.3 Å². The third-order valence-corrected chi connectivity index (χ3v) is 3.77. The Labute approximate surface area is 133 Å². The summed E-state index contributed by atoms with van der Waals surface area (Å²) in [7, 11) is 0. The number of ether oxygens (including phenoxy) is 1. The largest absolute Gasteiger partial charge is 0.493 e. The Bertz CT molecular complexity index is 541. The van der Waals surface area contributed by atoms with E-state index in [1.54, 1.807) is 6.92 Å². The molecule has 1 aromatic carbocycles. The minimum Gasteiger partial charge on any atom is -0.493 e. The highest BCUT2D eigenvalue weighted by atomic mass is 19.4. The number of rotatable bonds is 6. The van der Waals surface area contributed by atoms with Crippen molar-refractivity contribution in [3.8, 4) is 5.75 Å². The minimum absolute atomic E-state index is 0.0109. The Balaban J connectivity index is 2.12. The lowest BCUT2D eigenvalue weighted by Gasteiger charge is -2.26. The molecule has 0 atom stereocenters. The van der Waals surface area contributed by atoms with Gasteiger partial charge in [0, 0.05) is 39.1 Å². The number of hydrogen-bond donors (Lipinski definition) is 1. The number of nitrogens with one attached hydrogen (secondary N) is 1. The molecule has 0 amide bonds. The van der Waals surface area contributed by atoms with Gasteiger partial charge in [-0.15, -0.1) is 0 Å². The van der Waals surface area contributed by atoms with Crippen molar-refractivity contribution in [2.75, 3.05) is 39.3 Å². The second kappa shape index (κ2) is 7.79. The van der Waals surface area contributed by atoms with Gasteiger partial charge in [0.15, 0.2) is 5.78 Å². The fourth-order valence-corrected chi connectivity index (χ4v) is 2.53. The maximum atomic E-state index is 12.9. The predicted octanol–water partition coefficient (Wildman–Crippen LogP) is 2.58. The second-order valence-corrected chi connectivity index (χ2v) is 5.41. The number of Topliss-reactive ketones (excluding diaryl/α,β-unsaturated/α-hetero) is 1. The normalized spacial score (nSPS) is 16.3. The first kappa shape index (κ1) is 17.7. The fourth-order valence-electron chi connectivity index (χ4n) is 2.53. The van der Waals surface area contributed by atoms with E-state index in [9.17, 15) is 18.0 Å². The van der Waals surface area contributed by atoms with Crippen molar-refractivity contribution in [1.29, 1.82) is 0 Å². The minimum atomic E-state index is -4.47. The SMILES string of the molecule is CCOc1ccc(C(F)(F)F)cc1C(=O)CCN1CCNCC1. The summed E-state index contributed by atoms with van der Waals surface area (Å²) in [6, 6.07) is 3.06. The van der Waals surface area contributed by atoms with E-state index in [1.165, 1.54) is 6.07 Å². The van der Waals surface area contributed by atoms with Crippen molar-refractivity contribution in [1.82, 2.24) is 10.2 Å². The molecule has 0 spiro atoms. The first-order valence-electron chi connectivity index (χ1n) is 7.72. The summed E-state index contributed by atoms with van der Waals surface area (Å²) in [5.74, 6) is -0.108. The molecule has 0 radical (unpaired) electrons. The molecule has 1 aliphatic heterocycles. The van der Waals surface area contributed by atoms with Crippen molar-refractivity contribution in [2.45, 2.75) is 19.5 Å². The van der Waals surface area contributed by atoms with Gasteiger partial charge < -0.3 is 15.0 Å². The van der Waals surface area contributed by atoms with Crippen LogP contribution in [-0.2, 0) is 6.18 Å². The van der Waals surface area contributed by atoms with E-state index in [4.69, 9.17) is 4.74 Å². The lowest BCUT2D eigenvalue weighted by molar-refractivity contribution is -0.137. The molecule has 1 N–H and O–H groups in total. The molecule has 0 aromatic heterocycles. The lowest BCUT2D eigenvalue weighted by Crippen LogP contribution is -2.44. The van der Waals surface area contributed by atoms with Crippen LogP contribution in [-0.4, -0.2) is 50.0 Å². The number of hydrogen-bond acceptors (Lipinski definition) is 4. The molecule has 1 saturated heterocycles. The molecular weight excluding hydrogens is 309 g/mol. The summed E-state index contributed by atoms with van der Waals surface area (Å²) in [6.45, 7) is 5.98. The maximum Gasteiger partial charge on any atom is 0.416 e. The lowest BCUT2D eigenvalue weighted by atomic mass is 10.0. The van der Waals surface area contributed by atoms with Crippen LogP contribution in [0.5, 0.6) is 5.75 Å². The van der Waals surface area contributed by atoms with Crippen LogP contribution in [0.2, 0.25) is 0 Å². The molecule has 23 heavy (non-hydrogen) atoms. The van der Waals surface area contributed by atoms with E-state index < -0.39 is 11.7 Å². The Morgan fingerprint density at radius 3 is 2.61 bits per heavy atom. The van der Waals surface area contributed by atoms with Crippen LogP contribution in [0.25, 0.3) is 0 Å². The van der Waals surface area contributed by atoms with Crippen molar-refractivity contribution in [3.05, 3.63) is 29.3 Å². The summed E-state index contributed by atoms with van der Waals surface area (Å²) < 4.78 is 43.9. The van der Waals surface area contributed by atoms with Gasteiger partial charge >= 0.3 is 6.18 Å². The van der Waals surface area contributed by atoms with Crippen molar-refractivity contribution in [3.63, 3.8) is 0 Å². The van der Waals surface area contributed by atoms with Crippen molar-refractivity contribution < 1.29 is 22.7 Å². The zero-order valence-electron chi connectivity index (χ0n) is 13.1. The standard InChI is InChI=1S/C16H21F3N2O2/c1-2-23-15-4-3-12(16(17,18)19)11-13(15)14(22)5-8-21-9-6-20-7-10-21/h3-4,11,20H,2,5-10H2,1H3. The highest BCUT2D eigenvalue weighted by Crippen LogP contribution is 2.33. The second-order valence-electron chi connectivity index (χ2n) is 5.41. The van der Waals surface area contributed by atoms with Gasteiger partial charge in [0.1, 0.15) is 5.75 Å². The molecule has 1 fully saturated rings. The van der Waals surface area contributed by atoms with Crippen LogP contribution in [0.4, 0.5) is 13.2 Å². The number of piperazine rings is 1. The predicted molar refractivity (Wildman–Crippen MR) is 80.9 cm³/mol. The van der Waals surface area contributed by atoms with E-state index in [-0.39, 0.29) is 23.5 Å². The Kier molecular flexibility index (Phi) is 6.01. The number of carbonyl (C=O) groups is 1. The van der Waals surface area contributed by atoms with Gasteiger partial charge in [-0.1, -0.05) is 0 Å². The van der Waals surface area contributed by atoms with Gasteiger partial charge in [0.2, 0.25) is 0 Å². The van der Waals surface area contributed by atoms with E-state index in [0.29, 0.717) is 13.2 Å². The number of alkyl halides is 3. The summed E-state index contributed by atoms with van der Waals surface area (Å²) in [4.78, 5) is 14.5. The third-order valence-electron chi connectivity index (χ3n) is 3.77. The number of benzene rings is 1. The molecule has 0 saturated carbocycles. The van der Waals surface area contributed by atoms with Crippen LogP contribution in [0.3, 0.4) is 0 Å². The van der Waals surface area contributed by atoms with Gasteiger partial charge in [-0.25, -0.2) is 0 Å². The molecule has 7 heteroatoms. The Hall–Kier alpha value is -1.60. The Morgan fingerprint density at radius 1 is 1.30 bits per heavy atom. The number of halogens is 3. The number of carbonyl (C=O) groups excluding carboxylic acids is 1. The fraction of sp³-hybridized carbons (Fsp3) is 0.562. The zero-order chi connectivity index (χ0) is 16.9. The summed E-state index contributed by atoms with van der Waals surface area (Å²) >= 11 is 0. The van der Waals surface area contributed by atoms with Crippen LogP contribution in [0.15, 0.2) is 18.2 Å². The van der Waals surface area contributed by atoms with E-state index in [1.807, 2.05) is 0 Å². The molecule has 0 unspecified atom stereocenters. The molecule has 0 bridgehead atoms. The van der Waals surface area contributed by atoms with Crippen LogP contribution in [0, 0.1) is 0 Å². The molecule has 1 aliphatic rings. The average Bonchev–Trinajstić information content (AvgIpc) is 2.53.